The van der Waals surface area contributed by atoms with Crippen LogP contribution in [0.1, 0.15) is 16.7 Å². The van der Waals surface area contributed by atoms with Crippen molar-refractivity contribution in [2.75, 3.05) is 6.61 Å². The van der Waals surface area contributed by atoms with E-state index < -0.39 is 0 Å². The highest BCUT2D eigenvalue weighted by atomic mass is 16.5. The molecule has 5 heteroatoms. The number of benzene rings is 3. The summed E-state index contributed by atoms with van der Waals surface area (Å²) in [6.07, 6.45) is 1.58. The summed E-state index contributed by atoms with van der Waals surface area (Å²) in [7, 11) is 0. The third-order valence-corrected chi connectivity index (χ3v) is 3.98. The first-order chi connectivity index (χ1) is 13.7. The van der Waals surface area contributed by atoms with E-state index in [1.54, 1.807) is 6.21 Å². The van der Waals surface area contributed by atoms with Crippen LogP contribution in [0.15, 0.2) is 84.0 Å². The van der Waals surface area contributed by atoms with Crippen molar-refractivity contribution in [1.29, 1.82) is 0 Å². The molecule has 0 aromatic heterocycles. The maximum absolute atomic E-state index is 11.8. The van der Waals surface area contributed by atoms with Crippen LogP contribution in [-0.2, 0) is 11.4 Å². The van der Waals surface area contributed by atoms with Crippen molar-refractivity contribution >= 4 is 12.1 Å². The Hall–Kier alpha value is -3.60. The topological polar surface area (TPSA) is 59.9 Å². The molecule has 5 nitrogen and oxygen atoms in total. The number of amides is 1. The third-order valence-electron chi connectivity index (χ3n) is 3.98. The van der Waals surface area contributed by atoms with Crippen molar-refractivity contribution < 1.29 is 14.3 Å². The van der Waals surface area contributed by atoms with Gasteiger partial charge >= 0.3 is 0 Å². The highest BCUT2D eigenvalue weighted by Crippen LogP contribution is 2.16. The summed E-state index contributed by atoms with van der Waals surface area (Å²) in [5.41, 5.74) is 5.40. The van der Waals surface area contributed by atoms with Gasteiger partial charge in [-0.25, -0.2) is 5.43 Å². The zero-order valence-electron chi connectivity index (χ0n) is 15.7. The molecule has 0 atom stereocenters. The van der Waals surface area contributed by atoms with E-state index in [-0.39, 0.29) is 12.5 Å². The molecule has 0 saturated carbocycles. The number of hydrazone groups is 1. The molecule has 0 aliphatic carbocycles. The first-order valence-electron chi connectivity index (χ1n) is 8.98. The maximum Gasteiger partial charge on any atom is 0.277 e. The second kappa shape index (κ2) is 9.92. The second-order valence-electron chi connectivity index (χ2n) is 6.19. The Morgan fingerprint density at radius 1 is 0.929 bits per heavy atom. The van der Waals surface area contributed by atoms with Gasteiger partial charge in [0.05, 0.1) is 6.21 Å². The number of para-hydroxylation sites is 1. The average molecular weight is 374 g/mol. The molecular formula is C23H22N2O3. The molecule has 1 amide bonds. The Morgan fingerprint density at radius 3 is 2.39 bits per heavy atom. The van der Waals surface area contributed by atoms with Crippen LogP contribution in [0.3, 0.4) is 0 Å². The van der Waals surface area contributed by atoms with Gasteiger partial charge in [0.2, 0.25) is 0 Å². The Labute approximate surface area is 164 Å². The lowest BCUT2D eigenvalue weighted by Gasteiger charge is -2.07. The number of ether oxygens (including phenoxy) is 2. The van der Waals surface area contributed by atoms with Crippen LogP contribution in [0.2, 0.25) is 0 Å². The third kappa shape index (κ3) is 5.99. The molecular weight excluding hydrogens is 352 g/mol. The standard InChI is InChI=1S/C23H22N2O3/c1-18-7-5-6-10-22(18)28-17-23(26)25-24-15-19-11-13-21(14-12-19)27-16-20-8-3-2-4-9-20/h2-15H,16-17H2,1H3,(H,25,26)/b24-15+. The van der Waals surface area contributed by atoms with Gasteiger partial charge in [0.1, 0.15) is 18.1 Å². The minimum Gasteiger partial charge on any atom is -0.489 e. The molecule has 0 radical (unpaired) electrons. The first kappa shape index (κ1) is 19.2. The predicted molar refractivity (Wildman–Crippen MR) is 110 cm³/mol. The number of hydrogen-bond acceptors (Lipinski definition) is 4. The van der Waals surface area contributed by atoms with E-state index in [1.165, 1.54) is 0 Å². The van der Waals surface area contributed by atoms with Gasteiger partial charge in [-0.05, 0) is 53.9 Å². The summed E-state index contributed by atoms with van der Waals surface area (Å²) in [5.74, 6) is 1.15. The van der Waals surface area contributed by atoms with Crippen molar-refractivity contribution in [2.24, 2.45) is 5.10 Å². The largest absolute Gasteiger partial charge is 0.489 e. The summed E-state index contributed by atoms with van der Waals surface area (Å²) in [5, 5.41) is 3.95. The monoisotopic (exact) mass is 374 g/mol. The van der Waals surface area contributed by atoms with Gasteiger partial charge in [0.25, 0.3) is 5.91 Å². The first-order valence-corrected chi connectivity index (χ1v) is 8.98. The van der Waals surface area contributed by atoms with E-state index in [2.05, 4.69) is 10.5 Å². The summed E-state index contributed by atoms with van der Waals surface area (Å²) in [6.45, 7) is 2.36. The Morgan fingerprint density at radius 2 is 1.64 bits per heavy atom. The summed E-state index contributed by atoms with van der Waals surface area (Å²) < 4.78 is 11.2. The minimum absolute atomic E-state index is 0.0888. The molecule has 0 heterocycles. The van der Waals surface area contributed by atoms with Crippen molar-refractivity contribution in [3.05, 3.63) is 95.6 Å². The zero-order valence-corrected chi connectivity index (χ0v) is 15.7. The smallest absolute Gasteiger partial charge is 0.277 e. The molecule has 0 aliphatic rings. The van der Waals surface area contributed by atoms with Gasteiger partial charge in [0.15, 0.2) is 6.61 Å². The fraction of sp³-hybridized carbons (Fsp3) is 0.130. The Balaban J connectivity index is 1.42. The molecule has 0 unspecified atom stereocenters. The number of nitrogens with zero attached hydrogens (tertiary/aromatic N) is 1. The zero-order chi connectivity index (χ0) is 19.6. The fourth-order valence-corrected chi connectivity index (χ4v) is 2.46. The van der Waals surface area contributed by atoms with Crippen LogP contribution >= 0.6 is 0 Å². The van der Waals surface area contributed by atoms with Crippen LogP contribution in [0.25, 0.3) is 0 Å². The van der Waals surface area contributed by atoms with Crippen LogP contribution < -0.4 is 14.9 Å². The number of carbonyl (C=O) groups is 1. The van der Waals surface area contributed by atoms with Gasteiger partial charge in [-0.15, -0.1) is 0 Å². The second-order valence-corrected chi connectivity index (χ2v) is 6.19. The van der Waals surface area contributed by atoms with Gasteiger partial charge in [-0.1, -0.05) is 48.5 Å². The van der Waals surface area contributed by atoms with Crippen LogP contribution in [0, 0.1) is 6.92 Å². The molecule has 0 spiro atoms. The number of hydrogen-bond donors (Lipinski definition) is 1. The highest BCUT2D eigenvalue weighted by molar-refractivity contribution is 5.83. The fourth-order valence-electron chi connectivity index (χ4n) is 2.46. The molecule has 3 aromatic carbocycles. The lowest BCUT2D eigenvalue weighted by molar-refractivity contribution is -0.123. The van der Waals surface area contributed by atoms with Crippen molar-refractivity contribution in [2.45, 2.75) is 13.5 Å². The van der Waals surface area contributed by atoms with Crippen molar-refractivity contribution in [3.63, 3.8) is 0 Å². The van der Waals surface area contributed by atoms with Crippen molar-refractivity contribution in [3.8, 4) is 11.5 Å². The lowest BCUT2D eigenvalue weighted by atomic mass is 10.2. The van der Waals surface area contributed by atoms with Crippen LogP contribution in [0.5, 0.6) is 11.5 Å². The molecule has 28 heavy (non-hydrogen) atoms. The quantitative estimate of drug-likeness (QED) is 0.477. The van der Waals surface area contributed by atoms with Gasteiger partial charge in [-0.3, -0.25) is 4.79 Å². The van der Waals surface area contributed by atoms with E-state index in [9.17, 15) is 4.79 Å². The van der Waals surface area contributed by atoms with Gasteiger partial charge in [-0.2, -0.15) is 5.10 Å². The lowest BCUT2D eigenvalue weighted by Crippen LogP contribution is -2.24. The van der Waals surface area contributed by atoms with Crippen LogP contribution in [-0.4, -0.2) is 18.7 Å². The molecule has 0 bridgehead atoms. The molecule has 3 aromatic rings. The average Bonchev–Trinajstić information content (AvgIpc) is 2.73. The summed E-state index contributed by atoms with van der Waals surface area (Å²) in [6, 6.07) is 25.0. The number of nitrogens with one attached hydrogen (secondary N) is 1. The minimum atomic E-state index is -0.317. The molecule has 3 rings (SSSR count). The van der Waals surface area contributed by atoms with E-state index in [4.69, 9.17) is 9.47 Å². The predicted octanol–water partition coefficient (Wildman–Crippen LogP) is 4.10. The van der Waals surface area contributed by atoms with E-state index in [1.807, 2.05) is 85.8 Å². The van der Waals surface area contributed by atoms with Crippen LogP contribution in [0.4, 0.5) is 0 Å². The van der Waals surface area contributed by atoms with Gasteiger partial charge in [0, 0.05) is 0 Å². The normalized spacial score (nSPS) is 10.6. The highest BCUT2D eigenvalue weighted by Gasteiger charge is 2.03. The van der Waals surface area contributed by atoms with Gasteiger partial charge < -0.3 is 9.47 Å². The molecule has 142 valence electrons. The Bertz CT molecular complexity index is 922. The van der Waals surface area contributed by atoms with E-state index in [0.29, 0.717) is 12.4 Å². The number of rotatable bonds is 8. The molecule has 0 saturated heterocycles. The number of carbonyl (C=O) groups excluding carboxylic acids is 1. The molecule has 0 aliphatic heterocycles. The van der Waals surface area contributed by atoms with E-state index in [0.717, 1.165) is 22.4 Å². The maximum atomic E-state index is 11.8. The molecule has 0 fully saturated rings. The summed E-state index contributed by atoms with van der Waals surface area (Å²) >= 11 is 0. The van der Waals surface area contributed by atoms with E-state index >= 15 is 0 Å². The summed E-state index contributed by atoms with van der Waals surface area (Å²) in [4.78, 5) is 11.8. The Kier molecular flexibility index (Phi) is 6.79. The SMILES string of the molecule is Cc1ccccc1OCC(=O)N/N=C/c1ccc(OCc2ccccc2)cc1. The van der Waals surface area contributed by atoms with Crippen molar-refractivity contribution in [1.82, 2.24) is 5.43 Å². The molecule has 1 N–H and O–H groups in total. The number of aryl methyl sites for hydroxylation is 1.